The van der Waals surface area contributed by atoms with E-state index in [4.69, 9.17) is 4.74 Å². The minimum absolute atomic E-state index is 0.0172. The predicted molar refractivity (Wildman–Crippen MR) is 76.7 cm³/mol. The van der Waals surface area contributed by atoms with Gasteiger partial charge in [0.2, 0.25) is 0 Å². The predicted octanol–water partition coefficient (Wildman–Crippen LogP) is 4.38. The van der Waals surface area contributed by atoms with Crippen LogP contribution < -0.4 is 0 Å². The number of unbranched alkanes of at least 4 members (excludes halogenated alkanes) is 7. The summed E-state index contributed by atoms with van der Waals surface area (Å²) in [6.45, 7) is 2.78. The van der Waals surface area contributed by atoms with E-state index in [1.165, 1.54) is 32.1 Å². The molecule has 0 bridgehead atoms. The smallest absolute Gasteiger partial charge is 0.305 e. The maximum atomic E-state index is 11.3. The Hall–Kier alpha value is -0.180. The van der Waals surface area contributed by atoms with Gasteiger partial charge in [-0.3, -0.25) is 4.79 Å². The zero-order valence-electron chi connectivity index (χ0n) is 11.2. The Labute approximate surface area is 112 Å². The molecular weight excluding hydrogens is 232 g/mol. The van der Waals surface area contributed by atoms with Gasteiger partial charge in [0.1, 0.15) is 0 Å². The average molecular weight is 260 g/mol. The summed E-state index contributed by atoms with van der Waals surface area (Å²) in [6, 6.07) is 0. The molecule has 102 valence electrons. The van der Waals surface area contributed by atoms with E-state index in [0.717, 1.165) is 31.4 Å². The molecule has 0 N–H and O–H groups in total. The van der Waals surface area contributed by atoms with E-state index >= 15 is 0 Å². The number of carbonyl (C=O) groups is 1. The van der Waals surface area contributed by atoms with E-state index in [1.807, 2.05) is 0 Å². The van der Waals surface area contributed by atoms with Gasteiger partial charge in [-0.1, -0.05) is 45.4 Å². The molecule has 0 radical (unpaired) electrons. The van der Waals surface area contributed by atoms with E-state index in [2.05, 4.69) is 19.6 Å². The summed E-state index contributed by atoms with van der Waals surface area (Å²) >= 11 is 4.17. The van der Waals surface area contributed by atoms with E-state index in [9.17, 15) is 4.79 Å². The van der Waals surface area contributed by atoms with Crippen molar-refractivity contribution in [3.8, 4) is 0 Å². The molecular formula is C14H28O2S. The van der Waals surface area contributed by atoms with Gasteiger partial charge in [-0.15, -0.1) is 0 Å². The Morgan fingerprint density at radius 2 is 1.59 bits per heavy atom. The number of ether oxygens (including phenoxy) is 1. The molecule has 0 unspecified atom stereocenters. The van der Waals surface area contributed by atoms with Crippen molar-refractivity contribution in [1.29, 1.82) is 0 Å². The quantitative estimate of drug-likeness (QED) is 0.320. The van der Waals surface area contributed by atoms with Crippen LogP contribution in [0.4, 0.5) is 0 Å². The summed E-state index contributed by atoms with van der Waals surface area (Å²) in [7, 11) is 0. The average Bonchev–Trinajstić information content (AvgIpc) is 2.33. The highest BCUT2D eigenvalue weighted by Gasteiger charge is 2.01. The summed E-state index contributed by atoms with van der Waals surface area (Å²) in [5, 5.41) is 0. The first-order valence-electron chi connectivity index (χ1n) is 7.07. The Balaban J connectivity index is 3.11. The lowest BCUT2D eigenvalue weighted by Gasteiger charge is -2.04. The van der Waals surface area contributed by atoms with Crippen molar-refractivity contribution < 1.29 is 9.53 Å². The molecule has 0 aliphatic heterocycles. The van der Waals surface area contributed by atoms with Crippen LogP contribution in [0.3, 0.4) is 0 Å². The summed E-state index contributed by atoms with van der Waals surface area (Å²) in [4.78, 5) is 11.3. The highest BCUT2D eigenvalue weighted by atomic mass is 32.1. The van der Waals surface area contributed by atoms with Crippen molar-refractivity contribution in [3.05, 3.63) is 0 Å². The molecule has 0 aliphatic carbocycles. The molecule has 0 heterocycles. The zero-order valence-corrected chi connectivity index (χ0v) is 12.1. The molecule has 2 nitrogen and oxygen atoms in total. The SMILES string of the molecule is CCCCCCC(=O)OCCCCCCCS. The third-order valence-electron chi connectivity index (χ3n) is 2.80. The van der Waals surface area contributed by atoms with Gasteiger partial charge in [0.05, 0.1) is 6.61 Å². The lowest BCUT2D eigenvalue weighted by molar-refractivity contribution is -0.143. The fourth-order valence-electron chi connectivity index (χ4n) is 1.70. The second-order valence-corrected chi connectivity index (χ2v) is 4.97. The lowest BCUT2D eigenvalue weighted by atomic mass is 10.1. The second-order valence-electron chi connectivity index (χ2n) is 4.52. The standard InChI is InChI=1S/C14H28O2S/c1-2-3-4-8-11-14(15)16-12-9-6-5-7-10-13-17/h17H,2-13H2,1H3. The van der Waals surface area contributed by atoms with Crippen molar-refractivity contribution in [2.75, 3.05) is 12.4 Å². The van der Waals surface area contributed by atoms with E-state index in [1.54, 1.807) is 0 Å². The topological polar surface area (TPSA) is 26.3 Å². The number of hydrogen-bond acceptors (Lipinski definition) is 3. The van der Waals surface area contributed by atoms with Crippen LogP contribution in [0.25, 0.3) is 0 Å². The van der Waals surface area contributed by atoms with Gasteiger partial charge in [-0.25, -0.2) is 0 Å². The number of rotatable bonds is 12. The lowest BCUT2D eigenvalue weighted by Crippen LogP contribution is -2.05. The highest BCUT2D eigenvalue weighted by molar-refractivity contribution is 7.80. The normalized spacial score (nSPS) is 10.5. The molecule has 3 heteroatoms. The van der Waals surface area contributed by atoms with Gasteiger partial charge >= 0.3 is 5.97 Å². The van der Waals surface area contributed by atoms with Gasteiger partial charge in [-0.2, -0.15) is 12.6 Å². The van der Waals surface area contributed by atoms with E-state index < -0.39 is 0 Å². The summed E-state index contributed by atoms with van der Waals surface area (Å²) < 4.78 is 5.17. The fourth-order valence-corrected chi connectivity index (χ4v) is 1.92. The minimum atomic E-state index is -0.0172. The zero-order chi connectivity index (χ0) is 12.8. The molecule has 0 saturated carbocycles. The third-order valence-corrected chi connectivity index (χ3v) is 3.12. The minimum Gasteiger partial charge on any atom is -0.466 e. The van der Waals surface area contributed by atoms with Crippen LogP contribution in [0.15, 0.2) is 0 Å². The molecule has 0 saturated heterocycles. The van der Waals surface area contributed by atoms with Crippen LogP contribution >= 0.6 is 12.6 Å². The number of esters is 1. The van der Waals surface area contributed by atoms with Gasteiger partial charge in [-0.05, 0) is 25.0 Å². The summed E-state index contributed by atoms with van der Waals surface area (Å²) in [5.74, 6) is 0.962. The van der Waals surface area contributed by atoms with Crippen molar-refractivity contribution in [3.63, 3.8) is 0 Å². The summed E-state index contributed by atoms with van der Waals surface area (Å²) in [6.07, 6.45) is 11.0. The van der Waals surface area contributed by atoms with Crippen LogP contribution in [0.5, 0.6) is 0 Å². The van der Waals surface area contributed by atoms with E-state index in [-0.39, 0.29) is 5.97 Å². The van der Waals surface area contributed by atoms with Gasteiger partial charge < -0.3 is 4.74 Å². The van der Waals surface area contributed by atoms with Crippen LogP contribution in [-0.4, -0.2) is 18.3 Å². The van der Waals surface area contributed by atoms with Gasteiger partial charge in [0.15, 0.2) is 0 Å². The summed E-state index contributed by atoms with van der Waals surface area (Å²) in [5.41, 5.74) is 0. The molecule has 0 aliphatic rings. The fraction of sp³-hybridized carbons (Fsp3) is 0.929. The van der Waals surface area contributed by atoms with Crippen molar-refractivity contribution in [1.82, 2.24) is 0 Å². The molecule has 0 aromatic rings. The van der Waals surface area contributed by atoms with Crippen LogP contribution in [0, 0.1) is 0 Å². The van der Waals surface area contributed by atoms with Crippen molar-refractivity contribution in [2.24, 2.45) is 0 Å². The van der Waals surface area contributed by atoms with E-state index in [0.29, 0.717) is 13.0 Å². The van der Waals surface area contributed by atoms with Gasteiger partial charge in [0.25, 0.3) is 0 Å². The van der Waals surface area contributed by atoms with Crippen LogP contribution in [-0.2, 0) is 9.53 Å². The van der Waals surface area contributed by atoms with Crippen LogP contribution in [0.2, 0.25) is 0 Å². The first-order chi connectivity index (χ1) is 8.31. The molecule has 0 atom stereocenters. The molecule has 0 spiro atoms. The number of thiol groups is 1. The molecule has 0 aromatic carbocycles. The molecule has 0 amide bonds. The number of carbonyl (C=O) groups excluding carboxylic acids is 1. The first kappa shape index (κ1) is 16.8. The number of hydrogen-bond donors (Lipinski definition) is 1. The Kier molecular flexibility index (Phi) is 13.7. The molecule has 0 fully saturated rings. The monoisotopic (exact) mass is 260 g/mol. The van der Waals surface area contributed by atoms with Crippen LogP contribution in [0.1, 0.15) is 71.1 Å². The maximum Gasteiger partial charge on any atom is 0.305 e. The molecule has 0 aromatic heterocycles. The molecule has 17 heavy (non-hydrogen) atoms. The Morgan fingerprint density at radius 1 is 0.941 bits per heavy atom. The second kappa shape index (κ2) is 13.9. The highest BCUT2D eigenvalue weighted by Crippen LogP contribution is 2.06. The first-order valence-corrected chi connectivity index (χ1v) is 7.71. The van der Waals surface area contributed by atoms with Gasteiger partial charge in [0, 0.05) is 6.42 Å². The molecule has 0 rings (SSSR count). The largest absolute Gasteiger partial charge is 0.466 e. The Bertz CT molecular complexity index is 172. The third kappa shape index (κ3) is 13.8. The Morgan fingerprint density at radius 3 is 2.29 bits per heavy atom. The maximum absolute atomic E-state index is 11.3. The van der Waals surface area contributed by atoms with Crippen molar-refractivity contribution in [2.45, 2.75) is 71.1 Å². The van der Waals surface area contributed by atoms with Crippen molar-refractivity contribution >= 4 is 18.6 Å².